The normalized spacial score (nSPS) is 14.0. The van der Waals surface area contributed by atoms with Crippen molar-refractivity contribution in [3.8, 4) is 0 Å². The molecule has 4 aromatic rings. The number of urea groups is 2. The van der Waals surface area contributed by atoms with Crippen LogP contribution in [0, 0.1) is 0 Å². The second-order valence-corrected chi connectivity index (χ2v) is 11.8. The highest BCUT2D eigenvalue weighted by Gasteiger charge is 2.26. The number of nitrogens with zero attached hydrogens (tertiary/aromatic N) is 6. The number of amides is 4. The number of ether oxygens (including phenoxy) is 3. The number of nitrogens with two attached hydrogens (primary N) is 1. The molecular weight excluding hydrogens is 666 g/mol. The summed E-state index contributed by atoms with van der Waals surface area (Å²) in [6.45, 7) is 5.10. The van der Waals surface area contributed by atoms with E-state index in [0.29, 0.717) is 88.5 Å². The minimum Gasteiger partial charge on any atom is -0.465 e. The molecule has 0 atom stereocenters. The van der Waals surface area contributed by atoms with E-state index in [9.17, 15) is 19.2 Å². The van der Waals surface area contributed by atoms with Gasteiger partial charge in [0.15, 0.2) is 5.78 Å². The molecule has 2 aromatic heterocycles. The van der Waals surface area contributed by atoms with E-state index in [1.165, 1.54) is 7.11 Å². The van der Waals surface area contributed by atoms with Gasteiger partial charge in [-0.25, -0.2) is 24.4 Å². The van der Waals surface area contributed by atoms with Crippen LogP contribution in [0.25, 0.3) is 0 Å². The summed E-state index contributed by atoms with van der Waals surface area (Å²) >= 11 is 0. The molecule has 4 amide bonds. The number of aromatic nitrogens is 2. The highest BCUT2D eigenvalue weighted by molar-refractivity contribution is 5.97. The lowest BCUT2D eigenvalue weighted by molar-refractivity contribution is 0.0547. The largest absolute Gasteiger partial charge is 0.465 e. The minimum absolute atomic E-state index is 0.0189. The molecule has 0 spiro atoms. The summed E-state index contributed by atoms with van der Waals surface area (Å²) in [7, 11) is 1.35. The zero-order valence-corrected chi connectivity index (χ0v) is 29.1. The Kier molecular flexibility index (Phi) is 13.8. The van der Waals surface area contributed by atoms with Crippen LogP contribution >= 0.6 is 0 Å². The van der Waals surface area contributed by atoms with Crippen molar-refractivity contribution in [1.29, 1.82) is 0 Å². The molecule has 14 heteroatoms. The molecule has 2 saturated heterocycles. The fraction of sp³-hybridized carbons (Fsp3) is 0.316. The van der Waals surface area contributed by atoms with Crippen molar-refractivity contribution in [1.82, 2.24) is 19.8 Å². The fourth-order valence-corrected chi connectivity index (χ4v) is 5.51. The van der Waals surface area contributed by atoms with Crippen molar-refractivity contribution >= 4 is 35.5 Å². The number of ketones is 1. The van der Waals surface area contributed by atoms with Gasteiger partial charge in [-0.2, -0.15) is 0 Å². The van der Waals surface area contributed by atoms with Crippen LogP contribution in [0.1, 0.15) is 31.8 Å². The molecule has 2 aliphatic heterocycles. The van der Waals surface area contributed by atoms with E-state index in [4.69, 9.17) is 19.9 Å². The number of anilines is 2. The number of carbonyl (C=O) groups excluding carboxylic acids is 4. The van der Waals surface area contributed by atoms with Crippen LogP contribution in [0.3, 0.4) is 0 Å². The van der Waals surface area contributed by atoms with E-state index < -0.39 is 0 Å². The lowest BCUT2D eigenvalue weighted by Crippen LogP contribution is -2.48. The number of rotatable bonds is 9. The van der Waals surface area contributed by atoms with Crippen LogP contribution in [0.2, 0.25) is 0 Å². The molecule has 0 saturated carbocycles. The zero-order valence-electron chi connectivity index (χ0n) is 29.1. The molecule has 52 heavy (non-hydrogen) atoms. The van der Waals surface area contributed by atoms with Gasteiger partial charge in [-0.15, -0.1) is 0 Å². The van der Waals surface area contributed by atoms with Crippen LogP contribution in [-0.4, -0.2) is 110 Å². The number of hydrogen-bond donors (Lipinski definition) is 1. The van der Waals surface area contributed by atoms with E-state index in [1.54, 1.807) is 62.3 Å². The highest BCUT2D eigenvalue weighted by Crippen LogP contribution is 2.20. The molecule has 4 heterocycles. The summed E-state index contributed by atoms with van der Waals surface area (Å²) < 4.78 is 15.4. The van der Waals surface area contributed by atoms with Gasteiger partial charge in [0.05, 0.1) is 58.7 Å². The van der Waals surface area contributed by atoms with Gasteiger partial charge in [0.25, 0.3) is 0 Å². The molecule has 0 radical (unpaired) electrons. The summed E-state index contributed by atoms with van der Waals surface area (Å²) in [5.41, 5.74) is 8.24. The highest BCUT2D eigenvalue weighted by atomic mass is 16.5. The number of pyridine rings is 2. The summed E-state index contributed by atoms with van der Waals surface area (Å²) in [5, 5.41) is 0. The maximum Gasteiger partial charge on any atom is 0.337 e. The first-order chi connectivity index (χ1) is 25.4. The molecule has 2 fully saturated rings. The lowest BCUT2D eigenvalue weighted by Gasteiger charge is -2.32. The zero-order chi connectivity index (χ0) is 36.7. The van der Waals surface area contributed by atoms with E-state index in [-0.39, 0.29) is 30.4 Å². The van der Waals surface area contributed by atoms with Crippen molar-refractivity contribution in [2.45, 2.75) is 13.1 Å². The third-order valence-electron chi connectivity index (χ3n) is 8.39. The van der Waals surface area contributed by atoms with Gasteiger partial charge in [-0.05, 0) is 47.5 Å². The van der Waals surface area contributed by atoms with Gasteiger partial charge in [0, 0.05) is 44.1 Å². The van der Waals surface area contributed by atoms with Crippen LogP contribution < -0.4 is 15.5 Å². The average molecular weight is 710 g/mol. The topological polar surface area (TPSA) is 161 Å². The molecule has 2 aromatic carbocycles. The van der Waals surface area contributed by atoms with Gasteiger partial charge in [-0.3, -0.25) is 14.6 Å². The second-order valence-electron chi connectivity index (χ2n) is 11.8. The predicted molar refractivity (Wildman–Crippen MR) is 194 cm³/mol. The average Bonchev–Trinajstić information content (AvgIpc) is 3.22. The molecule has 0 unspecified atom stereocenters. The van der Waals surface area contributed by atoms with Gasteiger partial charge in [0.1, 0.15) is 11.6 Å². The van der Waals surface area contributed by atoms with Crippen molar-refractivity contribution in [2.75, 3.05) is 76.1 Å². The Morgan fingerprint density at radius 1 is 0.654 bits per heavy atom. The van der Waals surface area contributed by atoms with Gasteiger partial charge in [-0.1, -0.05) is 48.5 Å². The summed E-state index contributed by atoms with van der Waals surface area (Å²) in [6.07, 6.45) is 3.33. The van der Waals surface area contributed by atoms with E-state index in [1.807, 2.05) is 54.6 Å². The quantitative estimate of drug-likeness (QED) is 0.199. The summed E-state index contributed by atoms with van der Waals surface area (Å²) in [5.74, 6) is 0.678. The number of carbonyl (C=O) groups is 4. The molecule has 272 valence electrons. The van der Waals surface area contributed by atoms with Crippen LogP contribution in [-0.2, 0) is 27.3 Å². The smallest absolute Gasteiger partial charge is 0.337 e. The van der Waals surface area contributed by atoms with Crippen molar-refractivity contribution in [2.24, 2.45) is 5.73 Å². The van der Waals surface area contributed by atoms with Gasteiger partial charge in [0.2, 0.25) is 0 Å². The maximum absolute atomic E-state index is 13.0. The van der Waals surface area contributed by atoms with Crippen LogP contribution in [0.15, 0.2) is 97.3 Å². The minimum atomic E-state index is -0.387. The molecule has 0 bridgehead atoms. The molecule has 2 N–H and O–H groups in total. The number of esters is 1. The number of hydrogen-bond acceptors (Lipinski definition) is 10. The number of benzene rings is 2. The fourth-order valence-electron chi connectivity index (χ4n) is 5.51. The Morgan fingerprint density at radius 3 is 1.44 bits per heavy atom. The van der Waals surface area contributed by atoms with E-state index in [0.717, 1.165) is 11.1 Å². The van der Waals surface area contributed by atoms with Crippen molar-refractivity contribution < 1.29 is 33.4 Å². The lowest BCUT2D eigenvalue weighted by atomic mass is 10.1. The van der Waals surface area contributed by atoms with Crippen molar-refractivity contribution in [3.05, 3.63) is 120 Å². The maximum atomic E-state index is 13.0. The first-order valence-corrected chi connectivity index (χ1v) is 17.0. The number of Topliss-reactive ketones (excluding diaryl/α,β-unsaturated/α-hetero) is 1. The molecule has 14 nitrogen and oxygen atoms in total. The third-order valence-corrected chi connectivity index (χ3v) is 8.39. The number of morpholine rings is 2. The van der Waals surface area contributed by atoms with Crippen molar-refractivity contribution in [3.63, 3.8) is 0 Å². The monoisotopic (exact) mass is 709 g/mol. The van der Waals surface area contributed by atoms with Crippen LogP contribution in [0.5, 0.6) is 0 Å². The summed E-state index contributed by atoms with van der Waals surface area (Å²) in [4.78, 5) is 64.7. The van der Waals surface area contributed by atoms with Gasteiger partial charge < -0.3 is 29.7 Å². The number of methoxy groups -OCH3 is 1. The Bertz CT molecular complexity index is 1620. The molecular formula is C38H43N7O7. The Balaban J connectivity index is 0.000000201. The second kappa shape index (κ2) is 19.1. The van der Waals surface area contributed by atoms with Gasteiger partial charge >= 0.3 is 18.0 Å². The standard InChI is InChI=1S/C19H22N4O3.C19H21N3O4/c20-13-17(24)16-6-4-15(5-7-16)14-23(18-3-1-2-8-21-18)19(25)22-9-11-26-12-10-22;1-25-18(23)16-7-5-15(6-8-16)14-22(17-4-2-3-9-20-17)19(24)21-10-12-26-13-11-21/h1-8H,9-14,20H2;2-9H,10-14H2,1H3. The molecule has 0 aliphatic carbocycles. The first-order valence-electron chi connectivity index (χ1n) is 17.0. The molecule has 6 rings (SSSR count). The summed E-state index contributed by atoms with van der Waals surface area (Å²) in [6, 6.07) is 24.9. The van der Waals surface area contributed by atoms with Crippen LogP contribution in [0.4, 0.5) is 21.2 Å². The van der Waals surface area contributed by atoms with E-state index in [2.05, 4.69) is 9.97 Å². The molecule has 2 aliphatic rings. The Morgan fingerprint density at radius 2 is 1.08 bits per heavy atom. The Hall–Kier alpha value is -5.70. The Labute approximate surface area is 302 Å². The SMILES string of the molecule is COC(=O)c1ccc(CN(C(=O)N2CCOCC2)c2ccccn2)cc1.NCC(=O)c1ccc(CN(C(=O)N2CCOCC2)c2ccccn2)cc1. The first kappa shape index (κ1) is 37.6. The van der Waals surface area contributed by atoms with E-state index >= 15 is 0 Å². The third kappa shape index (κ3) is 10.2. The predicted octanol–water partition coefficient (Wildman–Crippen LogP) is 4.01.